The van der Waals surface area contributed by atoms with E-state index in [9.17, 15) is 4.79 Å². The summed E-state index contributed by atoms with van der Waals surface area (Å²) in [7, 11) is 0. The number of likely N-dealkylation sites (tertiary alicyclic amines) is 1. The lowest BCUT2D eigenvalue weighted by Gasteiger charge is -2.37. The van der Waals surface area contributed by atoms with Crippen molar-refractivity contribution < 1.29 is 4.79 Å². The first kappa shape index (κ1) is 14.4. The number of nitrogens with zero attached hydrogens (tertiary/aromatic N) is 2. The maximum atomic E-state index is 12.1. The van der Waals surface area contributed by atoms with Crippen molar-refractivity contribution >= 4 is 5.91 Å². The molecule has 1 saturated carbocycles. The second-order valence-corrected chi connectivity index (χ2v) is 5.71. The van der Waals surface area contributed by atoms with Crippen molar-refractivity contribution in [2.24, 2.45) is 0 Å². The molecule has 3 nitrogen and oxygen atoms in total. The van der Waals surface area contributed by atoms with Crippen molar-refractivity contribution in [1.82, 2.24) is 9.80 Å². The van der Waals surface area contributed by atoms with Gasteiger partial charge in [0.15, 0.2) is 0 Å². The number of amides is 1. The lowest BCUT2D eigenvalue weighted by Crippen LogP contribution is -2.47. The molecule has 106 valence electrons. The van der Waals surface area contributed by atoms with Crippen LogP contribution in [-0.4, -0.2) is 47.9 Å². The van der Waals surface area contributed by atoms with Crippen molar-refractivity contribution in [1.29, 1.82) is 0 Å². The Bertz CT molecular complexity index is 343. The van der Waals surface area contributed by atoms with E-state index in [0.717, 1.165) is 25.9 Å². The zero-order valence-corrected chi connectivity index (χ0v) is 12.2. The molecule has 2 fully saturated rings. The molecule has 19 heavy (non-hydrogen) atoms. The Morgan fingerprint density at radius 2 is 1.84 bits per heavy atom. The van der Waals surface area contributed by atoms with Gasteiger partial charge in [0.25, 0.3) is 5.91 Å². The van der Waals surface area contributed by atoms with Gasteiger partial charge in [0.2, 0.25) is 0 Å². The molecular formula is C16H26N2O. The Morgan fingerprint density at radius 1 is 1.16 bits per heavy atom. The van der Waals surface area contributed by atoms with Crippen molar-refractivity contribution in [3.05, 3.63) is 0 Å². The summed E-state index contributed by atoms with van der Waals surface area (Å²) in [5, 5.41) is 0. The minimum Gasteiger partial charge on any atom is -0.328 e. The van der Waals surface area contributed by atoms with Crippen molar-refractivity contribution in [2.75, 3.05) is 26.2 Å². The molecule has 0 aromatic carbocycles. The van der Waals surface area contributed by atoms with E-state index in [1.165, 1.54) is 45.2 Å². The van der Waals surface area contributed by atoms with Gasteiger partial charge in [0, 0.05) is 19.1 Å². The molecule has 3 heteroatoms. The number of hydrogen-bond acceptors (Lipinski definition) is 2. The van der Waals surface area contributed by atoms with Crippen molar-refractivity contribution in [3.8, 4) is 11.8 Å². The van der Waals surface area contributed by atoms with Crippen molar-refractivity contribution in [2.45, 2.75) is 57.9 Å². The molecule has 2 aliphatic rings. The van der Waals surface area contributed by atoms with Gasteiger partial charge < -0.3 is 9.80 Å². The molecule has 1 aliphatic carbocycles. The Hall–Kier alpha value is -1.01. The maximum absolute atomic E-state index is 12.1. The third-order valence-corrected chi connectivity index (χ3v) is 4.36. The van der Waals surface area contributed by atoms with Gasteiger partial charge in [-0.25, -0.2) is 0 Å². The van der Waals surface area contributed by atoms with Crippen LogP contribution in [0.2, 0.25) is 0 Å². The standard InChI is InChI=1S/C16H26N2O/c1-2-8-16(19)18(15-9-7-10-15)14-13-17-11-5-3-4-6-12-17/h15H,3-7,9-14H2,1H3. The summed E-state index contributed by atoms with van der Waals surface area (Å²) in [6.45, 7) is 6.02. The fourth-order valence-corrected chi connectivity index (χ4v) is 2.94. The summed E-state index contributed by atoms with van der Waals surface area (Å²) in [6, 6.07) is 0.459. The highest BCUT2D eigenvalue weighted by Gasteiger charge is 2.28. The summed E-state index contributed by atoms with van der Waals surface area (Å²) in [5.74, 6) is 5.49. The van der Waals surface area contributed by atoms with E-state index < -0.39 is 0 Å². The van der Waals surface area contributed by atoms with Gasteiger partial charge in [-0.3, -0.25) is 4.79 Å². The molecule has 0 atom stereocenters. The highest BCUT2D eigenvalue weighted by atomic mass is 16.2. The van der Waals surface area contributed by atoms with E-state index in [2.05, 4.69) is 16.7 Å². The van der Waals surface area contributed by atoms with E-state index in [0.29, 0.717) is 6.04 Å². The lowest BCUT2D eigenvalue weighted by atomic mass is 9.91. The molecule has 1 aliphatic heterocycles. The first-order valence-corrected chi connectivity index (χ1v) is 7.77. The van der Waals surface area contributed by atoms with Crippen LogP contribution in [0.25, 0.3) is 0 Å². The number of carbonyl (C=O) groups is 1. The molecule has 0 aromatic rings. The van der Waals surface area contributed by atoms with Gasteiger partial charge in [-0.2, -0.15) is 0 Å². The highest BCUT2D eigenvalue weighted by Crippen LogP contribution is 2.24. The van der Waals surface area contributed by atoms with Crippen LogP contribution in [0.3, 0.4) is 0 Å². The summed E-state index contributed by atoms with van der Waals surface area (Å²) in [6.07, 6.45) is 8.94. The summed E-state index contributed by atoms with van der Waals surface area (Å²) in [4.78, 5) is 16.6. The predicted octanol–water partition coefficient (Wildman–Crippen LogP) is 2.27. The van der Waals surface area contributed by atoms with E-state index in [1.54, 1.807) is 6.92 Å². The van der Waals surface area contributed by atoms with Crippen LogP contribution >= 0.6 is 0 Å². The first-order chi connectivity index (χ1) is 9.31. The smallest absolute Gasteiger partial charge is 0.298 e. The van der Waals surface area contributed by atoms with Crippen LogP contribution < -0.4 is 0 Å². The van der Waals surface area contributed by atoms with Crippen LogP contribution in [0.15, 0.2) is 0 Å². The summed E-state index contributed by atoms with van der Waals surface area (Å²) in [5.41, 5.74) is 0. The van der Waals surface area contributed by atoms with Crippen molar-refractivity contribution in [3.63, 3.8) is 0 Å². The molecule has 1 saturated heterocycles. The van der Waals surface area contributed by atoms with Crippen LogP contribution in [0.4, 0.5) is 0 Å². The average Bonchev–Trinajstić information content (AvgIpc) is 2.60. The normalized spacial score (nSPS) is 20.9. The number of hydrogen-bond donors (Lipinski definition) is 0. The molecule has 2 rings (SSSR count). The molecule has 0 aromatic heterocycles. The largest absolute Gasteiger partial charge is 0.328 e. The first-order valence-electron chi connectivity index (χ1n) is 7.77. The minimum absolute atomic E-state index is 0.0296. The molecule has 0 radical (unpaired) electrons. The molecule has 0 N–H and O–H groups in total. The van der Waals surface area contributed by atoms with Gasteiger partial charge in [-0.15, -0.1) is 0 Å². The maximum Gasteiger partial charge on any atom is 0.298 e. The van der Waals surface area contributed by atoms with Gasteiger partial charge in [0.1, 0.15) is 0 Å². The SMILES string of the molecule is CC#CC(=O)N(CCN1CCCCCC1)C1CCC1. The number of carbonyl (C=O) groups excluding carboxylic acids is 1. The lowest BCUT2D eigenvalue weighted by molar-refractivity contribution is -0.129. The van der Waals surface area contributed by atoms with E-state index >= 15 is 0 Å². The van der Waals surface area contributed by atoms with Crippen LogP contribution in [0.5, 0.6) is 0 Å². The summed E-state index contributed by atoms with van der Waals surface area (Å²) < 4.78 is 0. The quantitative estimate of drug-likeness (QED) is 0.726. The predicted molar refractivity (Wildman–Crippen MR) is 77.7 cm³/mol. The van der Waals surface area contributed by atoms with Gasteiger partial charge in [-0.05, 0) is 58.0 Å². The van der Waals surface area contributed by atoms with Gasteiger partial charge in [-0.1, -0.05) is 18.8 Å². The van der Waals surface area contributed by atoms with Crippen LogP contribution in [0.1, 0.15) is 51.9 Å². The Labute approximate surface area is 117 Å². The second kappa shape index (κ2) is 7.55. The minimum atomic E-state index is 0.0296. The van der Waals surface area contributed by atoms with Gasteiger partial charge >= 0.3 is 0 Å². The molecule has 1 heterocycles. The summed E-state index contributed by atoms with van der Waals surface area (Å²) >= 11 is 0. The molecule has 0 bridgehead atoms. The van der Waals surface area contributed by atoms with E-state index in [-0.39, 0.29) is 5.91 Å². The average molecular weight is 262 g/mol. The third kappa shape index (κ3) is 4.24. The monoisotopic (exact) mass is 262 g/mol. The van der Waals surface area contributed by atoms with Crippen LogP contribution in [0, 0.1) is 11.8 Å². The molecule has 0 spiro atoms. The van der Waals surface area contributed by atoms with Gasteiger partial charge in [0.05, 0.1) is 0 Å². The molecule has 1 amide bonds. The fourth-order valence-electron chi connectivity index (χ4n) is 2.94. The highest BCUT2D eigenvalue weighted by molar-refractivity contribution is 5.93. The molecular weight excluding hydrogens is 236 g/mol. The third-order valence-electron chi connectivity index (χ3n) is 4.36. The Morgan fingerprint density at radius 3 is 2.37 bits per heavy atom. The Balaban J connectivity index is 1.84. The topological polar surface area (TPSA) is 23.6 Å². The van der Waals surface area contributed by atoms with Crippen LogP contribution in [-0.2, 0) is 4.79 Å². The van der Waals surface area contributed by atoms with E-state index in [1.807, 2.05) is 4.90 Å². The Kier molecular flexibility index (Phi) is 5.72. The zero-order chi connectivity index (χ0) is 13.5. The van der Waals surface area contributed by atoms with E-state index in [4.69, 9.17) is 0 Å². The fraction of sp³-hybridized carbons (Fsp3) is 0.812. The number of rotatable bonds is 4. The zero-order valence-electron chi connectivity index (χ0n) is 12.2. The second-order valence-electron chi connectivity index (χ2n) is 5.71. The molecule has 0 unspecified atom stereocenters.